The number of anilines is 1. The highest BCUT2D eigenvalue weighted by molar-refractivity contribution is 7.88. The second-order valence-electron chi connectivity index (χ2n) is 7.26. The van der Waals surface area contributed by atoms with Gasteiger partial charge in [0.1, 0.15) is 5.75 Å². The Morgan fingerprint density at radius 2 is 1.93 bits per heavy atom. The molecule has 0 radical (unpaired) electrons. The number of rotatable bonds is 6. The van der Waals surface area contributed by atoms with Gasteiger partial charge in [0.25, 0.3) is 0 Å². The van der Waals surface area contributed by atoms with Crippen LogP contribution in [0.1, 0.15) is 18.4 Å². The molecule has 0 saturated carbocycles. The number of aromatic nitrogens is 1. The number of methoxy groups -OCH3 is 1. The monoisotopic (exact) mass is 445 g/mol. The number of piperidine rings is 1. The summed E-state index contributed by atoms with van der Waals surface area (Å²) < 4.78 is 33.0. The average Bonchev–Trinajstić information content (AvgIpc) is 3.15. The van der Waals surface area contributed by atoms with Crippen molar-refractivity contribution < 1.29 is 17.9 Å². The molecule has 0 aliphatic carbocycles. The molecule has 2 aromatic carbocycles. The fourth-order valence-electron chi connectivity index (χ4n) is 3.57. The molecule has 0 bridgehead atoms. The highest BCUT2D eigenvalue weighted by Gasteiger charge is 2.31. The first kappa shape index (κ1) is 20.8. The van der Waals surface area contributed by atoms with Crippen LogP contribution in [0, 0.1) is 5.92 Å². The van der Waals surface area contributed by atoms with E-state index >= 15 is 0 Å². The third-order valence-corrected chi connectivity index (χ3v) is 8.02. The Balaban J connectivity index is 1.35. The minimum Gasteiger partial charge on any atom is -0.497 e. The summed E-state index contributed by atoms with van der Waals surface area (Å²) in [4.78, 5) is 17.1. The van der Waals surface area contributed by atoms with Crippen molar-refractivity contribution in [3.63, 3.8) is 0 Å². The van der Waals surface area contributed by atoms with Gasteiger partial charge in [-0.05, 0) is 36.6 Å². The largest absolute Gasteiger partial charge is 0.497 e. The number of benzene rings is 2. The Bertz CT molecular complexity index is 1140. The molecule has 0 unspecified atom stereocenters. The normalized spacial score (nSPS) is 15.9. The average molecular weight is 446 g/mol. The van der Waals surface area contributed by atoms with Gasteiger partial charge in [0.15, 0.2) is 5.13 Å². The van der Waals surface area contributed by atoms with Gasteiger partial charge in [0, 0.05) is 19.0 Å². The zero-order chi connectivity index (χ0) is 21.1. The number of sulfonamides is 1. The fourth-order valence-corrected chi connectivity index (χ4v) is 6.03. The maximum absolute atomic E-state index is 12.7. The molecule has 4 rings (SSSR count). The Kier molecular flexibility index (Phi) is 6.03. The molecule has 0 spiro atoms. The van der Waals surface area contributed by atoms with Crippen LogP contribution in [0.2, 0.25) is 0 Å². The summed E-state index contributed by atoms with van der Waals surface area (Å²) in [6.45, 7) is 0.703. The minimum atomic E-state index is -3.39. The Labute approximate surface area is 179 Å². The molecule has 1 fully saturated rings. The van der Waals surface area contributed by atoms with Crippen LogP contribution in [-0.2, 0) is 20.6 Å². The van der Waals surface area contributed by atoms with E-state index in [0.717, 1.165) is 21.5 Å². The molecule has 1 aliphatic rings. The van der Waals surface area contributed by atoms with Crippen LogP contribution in [0.5, 0.6) is 5.75 Å². The van der Waals surface area contributed by atoms with Gasteiger partial charge in [0.2, 0.25) is 15.9 Å². The van der Waals surface area contributed by atoms with Crippen molar-refractivity contribution in [3.05, 3.63) is 54.1 Å². The number of ether oxygens (including phenoxy) is 1. The molecule has 1 saturated heterocycles. The van der Waals surface area contributed by atoms with Gasteiger partial charge in [-0.15, -0.1) is 0 Å². The molecule has 1 amide bonds. The number of hydrogen-bond acceptors (Lipinski definition) is 6. The van der Waals surface area contributed by atoms with Crippen molar-refractivity contribution in [2.24, 2.45) is 5.92 Å². The zero-order valence-corrected chi connectivity index (χ0v) is 18.2. The number of nitrogens with one attached hydrogen (secondary N) is 1. The third kappa shape index (κ3) is 4.63. The van der Waals surface area contributed by atoms with Crippen LogP contribution in [0.3, 0.4) is 0 Å². The van der Waals surface area contributed by atoms with E-state index in [1.54, 1.807) is 7.11 Å². The summed E-state index contributed by atoms with van der Waals surface area (Å²) in [6, 6.07) is 14.7. The first-order valence-electron chi connectivity index (χ1n) is 9.72. The zero-order valence-electron chi connectivity index (χ0n) is 16.6. The van der Waals surface area contributed by atoms with Crippen molar-refractivity contribution in [2.45, 2.75) is 18.6 Å². The van der Waals surface area contributed by atoms with Crippen LogP contribution >= 0.6 is 11.3 Å². The van der Waals surface area contributed by atoms with E-state index in [1.165, 1.54) is 15.6 Å². The van der Waals surface area contributed by atoms with Crippen molar-refractivity contribution in [1.29, 1.82) is 0 Å². The molecule has 7 nitrogen and oxygen atoms in total. The molecule has 2 heterocycles. The van der Waals surface area contributed by atoms with E-state index in [-0.39, 0.29) is 17.6 Å². The van der Waals surface area contributed by atoms with Gasteiger partial charge in [-0.2, -0.15) is 0 Å². The predicted molar refractivity (Wildman–Crippen MR) is 118 cm³/mol. The molecule has 30 heavy (non-hydrogen) atoms. The van der Waals surface area contributed by atoms with Crippen LogP contribution in [0.15, 0.2) is 48.5 Å². The first-order chi connectivity index (χ1) is 14.4. The lowest BCUT2D eigenvalue weighted by atomic mass is 9.97. The maximum atomic E-state index is 12.7. The van der Waals surface area contributed by atoms with E-state index in [1.807, 2.05) is 48.5 Å². The topological polar surface area (TPSA) is 88.6 Å². The fraction of sp³-hybridized carbons (Fsp3) is 0.333. The highest BCUT2D eigenvalue weighted by Crippen LogP contribution is 2.30. The standard InChI is InChI=1S/C21H23N3O4S2/c1-28-17-7-8-18-19(13-17)29-21(22-18)23-20(25)16-9-11-24(12-10-16)30(26,27)14-15-5-3-2-4-6-15/h2-8,13,16H,9-12,14H2,1H3,(H,22,23,25). The van der Waals surface area contributed by atoms with Crippen molar-refractivity contribution in [1.82, 2.24) is 9.29 Å². The van der Waals surface area contributed by atoms with E-state index in [9.17, 15) is 13.2 Å². The summed E-state index contributed by atoms with van der Waals surface area (Å²) >= 11 is 1.40. The summed E-state index contributed by atoms with van der Waals surface area (Å²) in [5.74, 6) is 0.392. The Morgan fingerprint density at radius 1 is 1.20 bits per heavy atom. The minimum absolute atomic E-state index is 0.0140. The number of carbonyl (C=O) groups is 1. The summed E-state index contributed by atoms with van der Waals surface area (Å²) in [7, 11) is -1.78. The third-order valence-electron chi connectivity index (χ3n) is 5.24. The number of amides is 1. The molecule has 3 aromatic rings. The van der Waals surface area contributed by atoms with Crippen LogP contribution in [0.25, 0.3) is 10.2 Å². The SMILES string of the molecule is COc1ccc2nc(NC(=O)C3CCN(S(=O)(=O)Cc4ccccc4)CC3)sc2c1. The van der Waals surface area contributed by atoms with Crippen molar-refractivity contribution in [3.8, 4) is 5.75 Å². The number of carbonyl (C=O) groups excluding carboxylic acids is 1. The molecule has 9 heteroatoms. The van der Waals surface area contributed by atoms with Gasteiger partial charge in [-0.25, -0.2) is 17.7 Å². The highest BCUT2D eigenvalue weighted by atomic mass is 32.2. The molecular weight excluding hydrogens is 422 g/mol. The van der Waals surface area contributed by atoms with Gasteiger partial charge >= 0.3 is 0 Å². The van der Waals surface area contributed by atoms with Gasteiger partial charge in [-0.1, -0.05) is 41.7 Å². The molecule has 1 N–H and O–H groups in total. The van der Waals surface area contributed by atoms with Crippen molar-refractivity contribution >= 4 is 42.6 Å². The quantitative estimate of drug-likeness (QED) is 0.628. The van der Waals surface area contributed by atoms with E-state index < -0.39 is 10.0 Å². The Morgan fingerprint density at radius 3 is 2.63 bits per heavy atom. The lowest BCUT2D eigenvalue weighted by Crippen LogP contribution is -2.41. The summed E-state index contributed by atoms with van der Waals surface area (Å²) in [5, 5.41) is 3.44. The van der Waals surface area contributed by atoms with Gasteiger partial charge in [-0.3, -0.25) is 4.79 Å². The summed E-state index contributed by atoms with van der Waals surface area (Å²) in [6.07, 6.45) is 0.997. The first-order valence-corrected chi connectivity index (χ1v) is 12.1. The van der Waals surface area contributed by atoms with E-state index in [0.29, 0.717) is 31.1 Å². The lowest BCUT2D eigenvalue weighted by Gasteiger charge is -2.30. The van der Waals surface area contributed by atoms with E-state index in [4.69, 9.17) is 4.74 Å². The maximum Gasteiger partial charge on any atom is 0.229 e. The molecule has 1 aliphatic heterocycles. The van der Waals surface area contributed by atoms with Crippen LogP contribution in [-0.4, -0.2) is 43.8 Å². The number of hydrogen-bond donors (Lipinski definition) is 1. The molecule has 158 valence electrons. The summed E-state index contributed by atoms with van der Waals surface area (Å²) in [5.41, 5.74) is 1.57. The number of nitrogens with zero attached hydrogens (tertiary/aromatic N) is 2. The second-order valence-corrected chi connectivity index (χ2v) is 10.3. The van der Waals surface area contributed by atoms with Crippen LogP contribution < -0.4 is 10.1 Å². The van der Waals surface area contributed by atoms with Gasteiger partial charge in [0.05, 0.1) is 23.1 Å². The van der Waals surface area contributed by atoms with E-state index in [2.05, 4.69) is 10.3 Å². The van der Waals surface area contributed by atoms with Crippen molar-refractivity contribution in [2.75, 3.05) is 25.5 Å². The second kappa shape index (κ2) is 8.71. The number of fused-ring (bicyclic) bond motifs is 1. The predicted octanol–water partition coefficient (Wildman–Crippen LogP) is 3.49. The smallest absolute Gasteiger partial charge is 0.229 e. The Hall–Kier alpha value is -2.49. The van der Waals surface area contributed by atoms with Crippen LogP contribution in [0.4, 0.5) is 5.13 Å². The molecular formula is C21H23N3O4S2. The van der Waals surface area contributed by atoms with Gasteiger partial charge < -0.3 is 10.1 Å². The molecule has 1 aromatic heterocycles. The molecule has 0 atom stereocenters. The number of thiazole rings is 1. The lowest BCUT2D eigenvalue weighted by molar-refractivity contribution is -0.120.